The second-order valence-corrected chi connectivity index (χ2v) is 6.47. The van der Waals surface area contributed by atoms with Gasteiger partial charge in [0.05, 0.1) is 39.6 Å². The minimum absolute atomic E-state index is 0.178. The van der Waals surface area contributed by atoms with Crippen molar-refractivity contribution in [2.24, 2.45) is 0 Å². The normalized spacial score (nSPS) is 12.6. The first kappa shape index (κ1) is 19.5. The van der Waals surface area contributed by atoms with Crippen molar-refractivity contribution in [1.29, 1.82) is 0 Å². The van der Waals surface area contributed by atoms with Crippen LogP contribution in [0.25, 0.3) is 0 Å². The van der Waals surface area contributed by atoms with E-state index in [1.165, 1.54) is 14.2 Å². The van der Waals surface area contributed by atoms with E-state index in [0.717, 1.165) is 5.56 Å². The van der Waals surface area contributed by atoms with Crippen molar-refractivity contribution in [3.05, 3.63) is 52.1 Å². The molecule has 0 saturated carbocycles. The summed E-state index contributed by atoms with van der Waals surface area (Å²) in [5.74, 6) is 1.12. The Balaban J connectivity index is 2.21. The van der Waals surface area contributed by atoms with Crippen molar-refractivity contribution >= 4 is 11.9 Å². The Morgan fingerprint density at radius 3 is 2.32 bits per heavy atom. The third-order valence-corrected chi connectivity index (χ3v) is 4.91. The third kappa shape index (κ3) is 3.24. The molecule has 0 spiro atoms. The first-order valence-corrected chi connectivity index (χ1v) is 8.72. The van der Waals surface area contributed by atoms with E-state index in [1.807, 2.05) is 12.1 Å². The molecule has 7 nitrogen and oxygen atoms in total. The van der Waals surface area contributed by atoms with Gasteiger partial charge >= 0.3 is 5.97 Å². The molecular weight excluding hydrogens is 362 g/mol. The molecule has 0 radical (unpaired) electrons. The molecule has 1 amide bonds. The van der Waals surface area contributed by atoms with Crippen LogP contribution < -0.4 is 14.2 Å². The predicted octanol–water partition coefficient (Wildman–Crippen LogP) is 2.68. The van der Waals surface area contributed by atoms with Gasteiger partial charge in [-0.05, 0) is 29.8 Å². The van der Waals surface area contributed by atoms with Gasteiger partial charge in [0.2, 0.25) is 0 Å². The number of hydrogen-bond acceptors (Lipinski definition) is 6. The Morgan fingerprint density at radius 2 is 1.71 bits per heavy atom. The first-order valence-electron chi connectivity index (χ1n) is 8.72. The maximum atomic E-state index is 12.6. The van der Waals surface area contributed by atoms with E-state index in [1.54, 1.807) is 38.3 Å². The Morgan fingerprint density at radius 1 is 1.00 bits per heavy atom. The van der Waals surface area contributed by atoms with E-state index in [-0.39, 0.29) is 5.91 Å². The Kier molecular flexibility index (Phi) is 5.44. The Bertz CT molecular complexity index is 937. The minimum atomic E-state index is -0.487. The van der Waals surface area contributed by atoms with Crippen LogP contribution >= 0.6 is 0 Å². The summed E-state index contributed by atoms with van der Waals surface area (Å²) in [5.41, 5.74) is 2.95. The monoisotopic (exact) mass is 385 g/mol. The number of amides is 1. The number of ether oxygens (including phenoxy) is 4. The number of esters is 1. The molecule has 28 heavy (non-hydrogen) atoms. The van der Waals surface area contributed by atoms with Gasteiger partial charge < -0.3 is 23.8 Å². The number of hydrogen-bond donors (Lipinski definition) is 0. The number of fused-ring (bicyclic) bond motifs is 1. The molecule has 7 heteroatoms. The zero-order valence-corrected chi connectivity index (χ0v) is 16.6. The fourth-order valence-corrected chi connectivity index (χ4v) is 3.54. The van der Waals surface area contributed by atoms with E-state index in [4.69, 9.17) is 18.9 Å². The quantitative estimate of drug-likeness (QED) is 0.712. The van der Waals surface area contributed by atoms with Crippen LogP contribution in [0.4, 0.5) is 0 Å². The van der Waals surface area contributed by atoms with E-state index < -0.39 is 5.97 Å². The number of nitrogens with zero attached hydrogens (tertiary/aromatic N) is 1. The molecule has 0 fully saturated rings. The molecule has 2 aromatic carbocycles. The summed E-state index contributed by atoms with van der Waals surface area (Å²) >= 11 is 0. The van der Waals surface area contributed by atoms with Gasteiger partial charge in [0, 0.05) is 31.1 Å². The Hall–Kier alpha value is -3.22. The minimum Gasteiger partial charge on any atom is -0.497 e. The molecule has 0 atom stereocenters. The SMILES string of the molecule is COC(=O)c1c(Cc2cc(OC)ccc2OC)cc(OC)c2c1CN(C)C2=O. The fourth-order valence-electron chi connectivity index (χ4n) is 3.54. The molecule has 0 saturated heterocycles. The maximum absolute atomic E-state index is 12.6. The number of carbonyl (C=O) groups excluding carboxylic acids is 2. The van der Waals surface area contributed by atoms with E-state index in [9.17, 15) is 9.59 Å². The van der Waals surface area contributed by atoms with Crippen molar-refractivity contribution in [3.63, 3.8) is 0 Å². The van der Waals surface area contributed by atoms with E-state index in [2.05, 4.69) is 0 Å². The molecule has 0 aromatic heterocycles. The lowest BCUT2D eigenvalue weighted by atomic mass is 9.92. The van der Waals surface area contributed by atoms with Crippen LogP contribution in [0.5, 0.6) is 17.2 Å². The molecule has 2 aromatic rings. The highest BCUT2D eigenvalue weighted by atomic mass is 16.5. The van der Waals surface area contributed by atoms with Crippen molar-refractivity contribution in [1.82, 2.24) is 4.90 Å². The first-order chi connectivity index (χ1) is 13.4. The smallest absolute Gasteiger partial charge is 0.338 e. The van der Waals surface area contributed by atoms with Crippen molar-refractivity contribution in [3.8, 4) is 17.2 Å². The molecule has 1 heterocycles. The molecule has 148 valence electrons. The lowest BCUT2D eigenvalue weighted by molar-refractivity contribution is 0.0597. The zero-order chi connectivity index (χ0) is 20.4. The highest BCUT2D eigenvalue weighted by Crippen LogP contribution is 2.37. The van der Waals surface area contributed by atoms with Crippen molar-refractivity contribution < 1.29 is 28.5 Å². The van der Waals surface area contributed by atoms with Gasteiger partial charge in [-0.25, -0.2) is 4.79 Å². The van der Waals surface area contributed by atoms with Crippen LogP contribution in [0.2, 0.25) is 0 Å². The van der Waals surface area contributed by atoms with Crippen LogP contribution in [0.15, 0.2) is 24.3 Å². The van der Waals surface area contributed by atoms with Gasteiger partial charge in [0.25, 0.3) is 5.91 Å². The average Bonchev–Trinajstić information content (AvgIpc) is 3.01. The van der Waals surface area contributed by atoms with Crippen molar-refractivity contribution in [2.45, 2.75) is 13.0 Å². The summed E-state index contributed by atoms with van der Waals surface area (Å²) in [4.78, 5) is 26.7. The molecular formula is C21H23NO6. The van der Waals surface area contributed by atoms with Crippen LogP contribution in [-0.2, 0) is 17.7 Å². The van der Waals surface area contributed by atoms with Crippen LogP contribution in [0.3, 0.4) is 0 Å². The third-order valence-electron chi connectivity index (χ3n) is 4.91. The van der Waals surface area contributed by atoms with Crippen LogP contribution in [0.1, 0.15) is 37.4 Å². The highest BCUT2D eigenvalue weighted by molar-refractivity contribution is 6.05. The Labute approximate surface area is 163 Å². The van der Waals surface area contributed by atoms with Crippen molar-refractivity contribution in [2.75, 3.05) is 35.5 Å². The zero-order valence-electron chi connectivity index (χ0n) is 16.6. The molecule has 1 aliphatic heterocycles. The second-order valence-electron chi connectivity index (χ2n) is 6.47. The fraction of sp³-hybridized carbons (Fsp3) is 0.333. The predicted molar refractivity (Wildman–Crippen MR) is 102 cm³/mol. The largest absolute Gasteiger partial charge is 0.497 e. The number of rotatable bonds is 6. The van der Waals surface area contributed by atoms with Crippen LogP contribution in [0, 0.1) is 0 Å². The molecule has 3 rings (SSSR count). The second kappa shape index (κ2) is 7.80. The number of carbonyl (C=O) groups is 2. The molecule has 0 N–H and O–H groups in total. The van der Waals surface area contributed by atoms with E-state index in [0.29, 0.717) is 52.5 Å². The molecule has 0 unspecified atom stereocenters. The van der Waals surface area contributed by atoms with E-state index >= 15 is 0 Å². The van der Waals surface area contributed by atoms with Gasteiger partial charge in [-0.2, -0.15) is 0 Å². The topological polar surface area (TPSA) is 74.3 Å². The summed E-state index contributed by atoms with van der Waals surface area (Å²) in [7, 11) is 7.70. The van der Waals surface area contributed by atoms with Gasteiger partial charge in [-0.3, -0.25) is 4.79 Å². The summed E-state index contributed by atoms with van der Waals surface area (Å²) in [6.07, 6.45) is 0.381. The molecule has 0 aliphatic carbocycles. The summed E-state index contributed by atoms with van der Waals surface area (Å²) in [6, 6.07) is 7.20. The summed E-state index contributed by atoms with van der Waals surface area (Å²) in [6.45, 7) is 0.318. The van der Waals surface area contributed by atoms with Gasteiger partial charge in [0.1, 0.15) is 17.2 Å². The standard InChI is InChI=1S/C21H23NO6/c1-22-11-15-18(21(24)28-5)13(10-17(27-4)19(15)20(22)23)8-12-9-14(25-2)6-7-16(12)26-3/h6-7,9-10H,8,11H2,1-5H3. The number of methoxy groups -OCH3 is 4. The lowest BCUT2D eigenvalue weighted by Crippen LogP contribution is -2.17. The molecule has 0 bridgehead atoms. The lowest BCUT2D eigenvalue weighted by Gasteiger charge is -2.16. The number of benzene rings is 2. The summed E-state index contributed by atoms with van der Waals surface area (Å²) < 4.78 is 21.3. The average molecular weight is 385 g/mol. The van der Waals surface area contributed by atoms with Crippen LogP contribution in [-0.4, -0.2) is 52.3 Å². The van der Waals surface area contributed by atoms with Gasteiger partial charge in [-0.1, -0.05) is 0 Å². The van der Waals surface area contributed by atoms with Gasteiger partial charge in [0.15, 0.2) is 0 Å². The highest BCUT2D eigenvalue weighted by Gasteiger charge is 2.35. The maximum Gasteiger partial charge on any atom is 0.338 e. The summed E-state index contributed by atoms with van der Waals surface area (Å²) in [5, 5.41) is 0. The molecule has 1 aliphatic rings. The van der Waals surface area contributed by atoms with Gasteiger partial charge in [-0.15, -0.1) is 0 Å².